The van der Waals surface area contributed by atoms with Crippen LogP contribution in [0.3, 0.4) is 0 Å². The van der Waals surface area contributed by atoms with Gasteiger partial charge in [-0.25, -0.2) is 0 Å². The number of aryl methyl sites for hydroxylation is 5. The molecule has 5 heteroatoms. The standard InChI is InChI=1S/5C15H15N/c1-10-4-5-11-12-6-7-16-9-14(12)15(2,3)13(11)8-10;1-10-5-4-6-12-11-7-8-16-9-13(11)15(2,3)14(10)12;1-10-8-16-9-12-11-6-4-5-7-13(11)15(2,3)14(10)12;1-10-8-14-12(9-16-10)11-6-4-5-7-13(11)15(14,2)3;1-10-14-11-6-4-5-7-12(11)15(2,3)13(14)8-9-16-10/h5*4-9H,1-3H3. The number of pyridine rings is 5. The zero-order chi connectivity index (χ0) is 56.7. The average molecular weight is 1050 g/mol. The molecule has 5 nitrogen and oxygen atoms in total. The van der Waals surface area contributed by atoms with Crippen molar-refractivity contribution in [3.05, 3.63) is 267 Å². The Balaban J connectivity index is 0.000000105. The predicted molar refractivity (Wildman–Crippen MR) is 333 cm³/mol. The van der Waals surface area contributed by atoms with Crippen LogP contribution in [-0.2, 0) is 27.1 Å². The third-order valence-corrected chi connectivity index (χ3v) is 18.3. The number of fused-ring (bicyclic) bond motifs is 15. The van der Waals surface area contributed by atoms with Crippen molar-refractivity contribution in [2.24, 2.45) is 0 Å². The first kappa shape index (κ1) is 53.8. The van der Waals surface area contributed by atoms with Crippen LogP contribution in [0.1, 0.15) is 153 Å². The van der Waals surface area contributed by atoms with Gasteiger partial charge in [0.05, 0.1) is 0 Å². The van der Waals surface area contributed by atoms with Gasteiger partial charge >= 0.3 is 0 Å². The Labute approximate surface area is 475 Å². The maximum atomic E-state index is 4.42. The van der Waals surface area contributed by atoms with Gasteiger partial charge in [0.25, 0.3) is 0 Å². The topological polar surface area (TPSA) is 64.5 Å². The van der Waals surface area contributed by atoms with E-state index < -0.39 is 0 Å². The van der Waals surface area contributed by atoms with E-state index in [1.807, 2.05) is 49.6 Å². The molecule has 0 atom stereocenters. The lowest BCUT2D eigenvalue weighted by Crippen LogP contribution is -2.16. The van der Waals surface area contributed by atoms with E-state index in [1.165, 1.54) is 128 Å². The second-order valence-corrected chi connectivity index (χ2v) is 25.2. The molecule has 5 heterocycles. The predicted octanol–water partition coefficient (Wildman–Crippen LogP) is 18.5. The minimum Gasteiger partial charge on any atom is -0.264 e. The summed E-state index contributed by atoms with van der Waals surface area (Å²) in [7, 11) is 0. The smallest absolute Gasteiger partial charge is 0.0454 e. The lowest BCUT2D eigenvalue weighted by atomic mass is 9.81. The van der Waals surface area contributed by atoms with Crippen LogP contribution in [0.15, 0.2) is 183 Å². The molecule has 10 aromatic rings. The summed E-state index contributed by atoms with van der Waals surface area (Å²) in [6.07, 6.45) is 15.7. The minimum atomic E-state index is 0.0876. The molecule has 5 aromatic carbocycles. The largest absolute Gasteiger partial charge is 0.264 e. The molecule has 5 aliphatic rings. The summed E-state index contributed by atoms with van der Waals surface area (Å²) in [6, 6.07) is 47.9. The molecule has 0 saturated carbocycles. The maximum Gasteiger partial charge on any atom is 0.0454 e. The van der Waals surface area contributed by atoms with Gasteiger partial charge in [0, 0.05) is 105 Å². The molecule has 0 radical (unpaired) electrons. The van der Waals surface area contributed by atoms with Crippen LogP contribution in [0.25, 0.3) is 55.6 Å². The maximum absolute atomic E-state index is 4.42. The fraction of sp³-hybridized carbons (Fsp3) is 0.267. The first-order chi connectivity index (χ1) is 38.1. The Hall–Kier alpha value is -8.15. The molecule has 0 saturated heterocycles. The molecule has 400 valence electrons. The summed E-state index contributed by atoms with van der Waals surface area (Å²) in [5, 5.41) is 0. The van der Waals surface area contributed by atoms with E-state index >= 15 is 0 Å². The molecular weight excluding hydrogens is 971 g/mol. The number of aromatic nitrogens is 5. The van der Waals surface area contributed by atoms with Gasteiger partial charge in [-0.1, -0.05) is 184 Å². The normalized spacial score (nSPS) is 15.7. The fourth-order valence-corrected chi connectivity index (χ4v) is 14.2. The van der Waals surface area contributed by atoms with Crippen LogP contribution in [0.4, 0.5) is 0 Å². The van der Waals surface area contributed by atoms with Crippen molar-refractivity contribution in [1.29, 1.82) is 0 Å². The molecular formula is C75H75N5. The number of hydrogen-bond acceptors (Lipinski definition) is 5. The molecule has 0 aliphatic heterocycles. The van der Waals surface area contributed by atoms with Crippen molar-refractivity contribution in [2.75, 3.05) is 0 Å². The molecule has 5 aliphatic carbocycles. The minimum absolute atomic E-state index is 0.0876. The van der Waals surface area contributed by atoms with Crippen molar-refractivity contribution in [2.45, 2.75) is 131 Å². The monoisotopic (exact) mass is 1050 g/mol. The highest BCUT2D eigenvalue weighted by Gasteiger charge is 2.40. The van der Waals surface area contributed by atoms with Crippen molar-refractivity contribution in [3.8, 4) is 55.6 Å². The van der Waals surface area contributed by atoms with Crippen molar-refractivity contribution in [3.63, 3.8) is 0 Å². The van der Waals surface area contributed by atoms with Crippen LogP contribution in [0.5, 0.6) is 0 Å². The van der Waals surface area contributed by atoms with Crippen molar-refractivity contribution >= 4 is 0 Å². The molecule has 0 bridgehead atoms. The van der Waals surface area contributed by atoms with Gasteiger partial charge in [-0.15, -0.1) is 0 Å². The van der Waals surface area contributed by atoms with Gasteiger partial charge in [0.15, 0.2) is 0 Å². The third-order valence-electron chi connectivity index (χ3n) is 18.3. The highest BCUT2D eigenvalue weighted by Crippen LogP contribution is 2.53. The SMILES string of the molecule is Cc1cc2c(cn1)-c1ccccc1C2(C)C.Cc1ccc2c(c1)C(C)(C)c1cnccc1-2.Cc1cccc2c1C(C)(C)c1cnccc1-2.Cc1cncc2c1C(C)(C)c1ccccc1-2.Cc1nccc2c1-c1ccccc1C2(C)C. The first-order valence-corrected chi connectivity index (χ1v) is 28.4. The van der Waals surface area contributed by atoms with E-state index in [-0.39, 0.29) is 27.1 Å². The van der Waals surface area contributed by atoms with Crippen LogP contribution in [0, 0.1) is 34.6 Å². The van der Waals surface area contributed by atoms with Gasteiger partial charge < -0.3 is 0 Å². The molecule has 0 spiro atoms. The number of hydrogen-bond donors (Lipinski definition) is 0. The lowest BCUT2D eigenvalue weighted by Gasteiger charge is -2.22. The van der Waals surface area contributed by atoms with E-state index in [1.54, 1.807) is 0 Å². The van der Waals surface area contributed by atoms with Gasteiger partial charge in [0.2, 0.25) is 0 Å². The van der Waals surface area contributed by atoms with Gasteiger partial charge in [0.1, 0.15) is 0 Å². The summed E-state index contributed by atoms with van der Waals surface area (Å²) in [4.78, 5) is 21.7. The van der Waals surface area contributed by atoms with Gasteiger partial charge in [-0.05, 0) is 165 Å². The summed E-state index contributed by atoms with van der Waals surface area (Å²) in [5.74, 6) is 0. The van der Waals surface area contributed by atoms with Gasteiger partial charge in [-0.3, -0.25) is 24.9 Å². The second kappa shape index (κ2) is 19.9. The molecule has 15 rings (SSSR count). The highest BCUT2D eigenvalue weighted by molar-refractivity contribution is 5.85. The van der Waals surface area contributed by atoms with E-state index in [0.717, 1.165) is 11.4 Å². The summed E-state index contributed by atoms with van der Waals surface area (Å²) in [6.45, 7) is 33.5. The molecule has 0 N–H and O–H groups in total. The average Bonchev–Trinajstić information content (AvgIpc) is 4.10. The van der Waals surface area contributed by atoms with E-state index in [4.69, 9.17) is 0 Å². The Kier molecular flexibility index (Phi) is 13.4. The Morgan fingerprint density at radius 2 is 0.775 bits per heavy atom. The molecule has 0 amide bonds. The molecule has 0 fully saturated rings. The van der Waals surface area contributed by atoms with E-state index in [2.05, 4.69) is 262 Å². The van der Waals surface area contributed by atoms with Crippen molar-refractivity contribution in [1.82, 2.24) is 24.9 Å². The van der Waals surface area contributed by atoms with Crippen LogP contribution >= 0.6 is 0 Å². The zero-order valence-electron chi connectivity index (χ0n) is 49.6. The summed E-state index contributed by atoms with van der Waals surface area (Å²) in [5.41, 5.74) is 34.2. The number of nitrogens with zero attached hydrogens (tertiary/aromatic N) is 5. The summed E-state index contributed by atoms with van der Waals surface area (Å²) < 4.78 is 0. The first-order valence-electron chi connectivity index (χ1n) is 28.4. The van der Waals surface area contributed by atoms with Crippen LogP contribution in [-0.4, -0.2) is 24.9 Å². The van der Waals surface area contributed by atoms with Crippen LogP contribution in [0.2, 0.25) is 0 Å². The Bertz CT molecular complexity index is 3840. The second-order valence-electron chi connectivity index (χ2n) is 25.2. The Morgan fingerprint density at radius 1 is 0.287 bits per heavy atom. The third kappa shape index (κ3) is 8.72. The molecule has 80 heavy (non-hydrogen) atoms. The molecule has 5 aromatic heterocycles. The van der Waals surface area contributed by atoms with E-state index in [9.17, 15) is 0 Å². The quantitative estimate of drug-likeness (QED) is 0.151. The van der Waals surface area contributed by atoms with Crippen LogP contribution < -0.4 is 0 Å². The van der Waals surface area contributed by atoms with E-state index in [0.29, 0.717) is 0 Å². The Morgan fingerprint density at radius 3 is 1.45 bits per heavy atom. The van der Waals surface area contributed by atoms with Crippen molar-refractivity contribution < 1.29 is 0 Å². The highest BCUT2D eigenvalue weighted by atomic mass is 14.7. The number of rotatable bonds is 0. The number of benzene rings is 5. The fourth-order valence-electron chi connectivity index (χ4n) is 14.2. The zero-order valence-corrected chi connectivity index (χ0v) is 49.6. The lowest BCUT2D eigenvalue weighted by molar-refractivity contribution is 0.652. The van der Waals surface area contributed by atoms with Gasteiger partial charge in [-0.2, -0.15) is 0 Å². The summed E-state index contributed by atoms with van der Waals surface area (Å²) >= 11 is 0. The molecule has 0 unspecified atom stereocenters.